The molecule has 2 aromatic rings. The van der Waals surface area contributed by atoms with Gasteiger partial charge in [0.2, 0.25) is 15.9 Å². The van der Waals surface area contributed by atoms with Crippen LogP contribution in [0.15, 0.2) is 29.1 Å². The number of benzene rings is 1. The fourth-order valence-electron chi connectivity index (χ4n) is 3.44. The molecular weight excluding hydrogens is 356 g/mol. The largest absolute Gasteiger partial charge is 0.340 e. The van der Waals surface area contributed by atoms with E-state index in [0.29, 0.717) is 32.6 Å². The molecule has 0 bridgehead atoms. The first-order valence-corrected chi connectivity index (χ1v) is 10.6. The molecule has 0 unspecified atom stereocenters. The van der Waals surface area contributed by atoms with Gasteiger partial charge >= 0.3 is 5.69 Å². The van der Waals surface area contributed by atoms with Gasteiger partial charge in [-0.15, -0.1) is 0 Å². The number of aryl methyl sites for hydroxylation is 1. The molecule has 1 aliphatic rings. The summed E-state index contributed by atoms with van der Waals surface area (Å²) in [5.74, 6) is -0.165. The van der Waals surface area contributed by atoms with E-state index in [-0.39, 0.29) is 24.7 Å². The summed E-state index contributed by atoms with van der Waals surface area (Å²) in [7, 11) is -3.26. The SMILES string of the molecule is CCn1c(=O)n(CC(=O)N2CCCN(S(C)(=O)=O)CC2)c2ccccc21. The minimum atomic E-state index is -3.26. The fourth-order valence-corrected chi connectivity index (χ4v) is 4.31. The number of fused-ring (bicyclic) bond motifs is 1. The number of aromatic nitrogens is 2. The fraction of sp³-hybridized carbons (Fsp3) is 0.529. The first kappa shape index (κ1) is 18.7. The Morgan fingerprint density at radius 3 is 2.31 bits per heavy atom. The standard InChI is InChI=1S/C17H24N4O4S/c1-3-20-14-7-4-5-8-15(14)21(17(20)23)13-16(22)18-9-6-10-19(12-11-18)26(2,24)25/h4-5,7-8H,3,6,9-13H2,1-2H3. The maximum absolute atomic E-state index is 12.8. The molecule has 142 valence electrons. The van der Waals surface area contributed by atoms with E-state index in [2.05, 4.69) is 0 Å². The zero-order valence-corrected chi connectivity index (χ0v) is 15.9. The van der Waals surface area contributed by atoms with Crippen molar-refractivity contribution >= 4 is 27.0 Å². The zero-order valence-electron chi connectivity index (χ0n) is 15.1. The van der Waals surface area contributed by atoms with E-state index in [0.717, 1.165) is 11.0 Å². The summed E-state index contributed by atoms with van der Waals surface area (Å²) in [6, 6.07) is 7.43. The van der Waals surface area contributed by atoms with Gasteiger partial charge in [0.05, 0.1) is 17.3 Å². The Morgan fingerprint density at radius 2 is 1.69 bits per heavy atom. The molecule has 9 heteroatoms. The highest BCUT2D eigenvalue weighted by atomic mass is 32.2. The van der Waals surface area contributed by atoms with Crippen molar-refractivity contribution in [3.63, 3.8) is 0 Å². The molecule has 0 N–H and O–H groups in total. The van der Waals surface area contributed by atoms with E-state index in [1.165, 1.54) is 15.1 Å². The van der Waals surface area contributed by atoms with E-state index >= 15 is 0 Å². The van der Waals surface area contributed by atoms with Crippen molar-refractivity contribution in [3.05, 3.63) is 34.7 Å². The number of nitrogens with zero attached hydrogens (tertiary/aromatic N) is 4. The molecule has 0 radical (unpaired) electrons. The van der Waals surface area contributed by atoms with Gasteiger partial charge < -0.3 is 4.90 Å². The van der Waals surface area contributed by atoms with Crippen LogP contribution in [0.5, 0.6) is 0 Å². The van der Waals surface area contributed by atoms with E-state index < -0.39 is 10.0 Å². The second-order valence-electron chi connectivity index (χ2n) is 6.50. The van der Waals surface area contributed by atoms with Crippen LogP contribution >= 0.6 is 0 Å². The summed E-state index contributed by atoms with van der Waals surface area (Å²) in [6.07, 6.45) is 1.77. The third-order valence-corrected chi connectivity index (χ3v) is 6.11. The Balaban J connectivity index is 1.82. The zero-order chi connectivity index (χ0) is 18.9. The molecule has 1 aromatic heterocycles. The van der Waals surface area contributed by atoms with Crippen molar-refractivity contribution in [2.45, 2.75) is 26.4 Å². The van der Waals surface area contributed by atoms with Crippen LogP contribution < -0.4 is 5.69 Å². The highest BCUT2D eigenvalue weighted by Gasteiger charge is 2.25. The molecule has 0 atom stereocenters. The number of amides is 1. The van der Waals surface area contributed by atoms with Crippen molar-refractivity contribution in [2.24, 2.45) is 0 Å². The lowest BCUT2D eigenvalue weighted by molar-refractivity contribution is -0.131. The number of para-hydroxylation sites is 2. The summed E-state index contributed by atoms with van der Waals surface area (Å²) in [6.45, 7) is 3.93. The van der Waals surface area contributed by atoms with E-state index in [9.17, 15) is 18.0 Å². The number of carbonyl (C=O) groups excluding carboxylic acids is 1. The molecular formula is C17H24N4O4S. The molecule has 26 heavy (non-hydrogen) atoms. The number of carbonyl (C=O) groups is 1. The predicted octanol–water partition coefficient (Wildman–Crippen LogP) is 0.317. The molecule has 1 aromatic carbocycles. The van der Waals surface area contributed by atoms with Crippen LogP contribution in [0.25, 0.3) is 11.0 Å². The number of sulfonamides is 1. The lowest BCUT2D eigenvalue weighted by Gasteiger charge is -2.21. The van der Waals surface area contributed by atoms with E-state index in [1.54, 1.807) is 9.47 Å². The minimum absolute atomic E-state index is 0.0365. The second-order valence-corrected chi connectivity index (χ2v) is 8.48. The van der Waals surface area contributed by atoms with Gasteiger partial charge in [0.15, 0.2) is 0 Å². The van der Waals surface area contributed by atoms with Gasteiger partial charge in [-0.2, -0.15) is 0 Å². The number of hydrogen-bond acceptors (Lipinski definition) is 4. The van der Waals surface area contributed by atoms with Crippen molar-refractivity contribution in [3.8, 4) is 0 Å². The molecule has 0 aliphatic carbocycles. The normalized spacial score (nSPS) is 16.8. The average molecular weight is 380 g/mol. The van der Waals surface area contributed by atoms with Crippen molar-refractivity contribution < 1.29 is 13.2 Å². The quantitative estimate of drug-likeness (QED) is 0.764. The molecule has 1 saturated heterocycles. The smallest absolute Gasteiger partial charge is 0.329 e. The number of imidazole rings is 1. The maximum atomic E-state index is 12.8. The van der Waals surface area contributed by atoms with E-state index in [1.807, 2.05) is 31.2 Å². The molecule has 1 fully saturated rings. The van der Waals surface area contributed by atoms with Crippen molar-refractivity contribution in [1.29, 1.82) is 0 Å². The van der Waals surface area contributed by atoms with Crippen LogP contribution in [0.3, 0.4) is 0 Å². The molecule has 3 rings (SSSR count). The maximum Gasteiger partial charge on any atom is 0.329 e. The average Bonchev–Trinajstić information content (AvgIpc) is 2.77. The van der Waals surface area contributed by atoms with Crippen LogP contribution in [0.1, 0.15) is 13.3 Å². The predicted molar refractivity (Wildman–Crippen MR) is 99.5 cm³/mol. The number of hydrogen-bond donors (Lipinski definition) is 0. The second kappa shape index (κ2) is 7.24. The lowest BCUT2D eigenvalue weighted by atomic mass is 10.3. The van der Waals surface area contributed by atoms with Crippen LogP contribution in [-0.2, 0) is 27.9 Å². The summed E-state index contributed by atoms with van der Waals surface area (Å²) in [4.78, 5) is 27.1. The third-order valence-electron chi connectivity index (χ3n) is 4.81. The summed E-state index contributed by atoms with van der Waals surface area (Å²) >= 11 is 0. The Hall–Kier alpha value is -2.13. The Bertz CT molecular complexity index is 976. The highest BCUT2D eigenvalue weighted by molar-refractivity contribution is 7.88. The Morgan fingerprint density at radius 1 is 1.04 bits per heavy atom. The van der Waals surface area contributed by atoms with Gasteiger partial charge in [0.25, 0.3) is 0 Å². The highest BCUT2D eigenvalue weighted by Crippen LogP contribution is 2.14. The summed E-state index contributed by atoms with van der Waals surface area (Å²) in [5.41, 5.74) is 1.35. The Labute approximate surface area is 152 Å². The monoisotopic (exact) mass is 380 g/mol. The summed E-state index contributed by atoms with van der Waals surface area (Å²) in [5, 5.41) is 0. The van der Waals surface area contributed by atoms with Gasteiger partial charge in [-0.3, -0.25) is 13.9 Å². The van der Waals surface area contributed by atoms with Gasteiger partial charge in [0, 0.05) is 32.7 Å². The third kappa shape index (κ3) is 3.54. The molecule has 0 spiro atoms. The Kier molecular flexibility index (Phi) is 5.19. The molecule has 1 aliphatic heterocycles. The molecule has 8 nitrogen and oxygen atoms in total. The topological polar surface area (TPSA) is 84.6 Å². The van der Waals surface area contributed by atoms with Crippen LogP contribution in [-0.4, -0.2) is 65.1 Å². The van der Waals surface area contributed by atoms with E-state index in [4.69, 9.17) is 0 Å². The van der Waals surface area contributed by atoms with Crippen molar-refractivity contribution in [1.82, 2.24) is 18.3 Å². The first-order valence-electron chi connectivity index (χ1n) is 8.74. The van der Waals surface area contributed by atoms with Gasteiger partial charge in [-0.1, -0.05) is 12.1 Å². The number of rotatable bonds is 4. The first-order chi connectivity index (χ1) is 12.3. The molecule has 1 amide bonds. The van der Waals surface area contributed by atoms with Crippen LogP contribution in [0.4, 0.5) is 0 Å². The summed E-state index contributed by atoms with van der Waals surface area (Å²) < 4.78 is 28.0. The van der Waals surface area contributed by atoms with Gasteiger partial charge in [-0.25, -0.2) is 17.5 Å². The molecule has 0 saturated carbocycles. The molecule has 2 heterocycles. The minimum Gasteiger partial charge on any atom is -0.340 e. The van der Waals surface area contributed by atoms with Crippen LogP contribution in [0.2, 0.25) is 0 Å². The van der Waals surface area contributed by atoms with Crippen LogP contribution in [0, 0.1) is 0 Å². The lowest BCUT2D eigenvalue weighted by Crippen LogP contribution is -2.39. The van der Waals surface area contributed by atoms with Gasteiger partial charge in [-0.05, 0) is 25.5 Å². The van der Waals surface area contributed by atoms with Crippen molar-refractivity contribution in [2.75, 3.05) is 32.4 Å². The van der Waals surface area contributed by atoms with Gasteiger partial charge in [0.1, 0.15) is 6.54 Å².